The fourth-order valence-corrected chi connectivity index (χ4v) is 4.86. The number of carbonyl (C=O) groups excluding carboxylic acids is 3. The Hall–Kier alpha value is -2.25. The van der Waals surface area contributed by atoms with Gasteiger partial charge in [-0.15, -0.1) is 0 Å². The lowest BCUT2D eigenvalue weighted by molar-refractivity contribution is -0.166. The van der Waals surface area contributed by atoms with Crippen LogP contribution in [-0.4, -0.2) is 51.7 Å². The number of benzene rings is 1. The first-order valence-corrected chi connectivity index (χ1v) is 12.5. The highest BCUT2D eigenvalue weighted by molar-refractivity contribution is 5.89. The molecule has 1 aliphatic carbocycles. The maximum absolute atomic E-state index is 13.5. The number of nitrogens with one attached hydrogen (secondary N) is 1. The smallest absolute Gasteiger partial charge is 0.233 e. The van der Waals surface area contributed by atoms with E-state index in [-0.39, 0.29) is 24.2 Å². The number of hydroxylamine groups is 2. The summed E-state index contributed by atoms with van der Waals surface area (Å²) >= 11 is 0. The quantitative estimate of drug-likeness (QED) is 0.242. The van der Waals surface area contributed by atoms with Crippen LogP contribution in [0.3, 0.4) is 0 Å². The van der Waals surface area contributed by atoms with Crippen molar-refractivity contribution in [3.63, 3.8) is 0 Å². The third kappa shape index (κ3) is 8.51. The molecule has 1 saturated carbocycles. The van der Waals surface area contributed by atoms with Gasteiger partial charge in [0.15, 0.2) is 0 Å². The number of hydrogen-bond acceptors (Lipinski definition) is 5. The minimum Gasteiger partial charge on any atom is -0.393 e. The van der Waals surface area contributed by atoms with Gasteiger partial charge in [-0.05, 0) is 62.8 Å². The standard InChI is InChI=1S/C27H42N2O5/c1-19(29(34)18-30)23(15-8-12-20-10-6-5-7-11-20)25(32)17-24(27(2,3)4)26(33)28-21-13-9-14-22(31)16-21/h5-7,10-11,18-19,21-24,31,34H,8-9,12-17H2,1-4H3,(H,28,33)/t19-,21?,22?,23+,24+/m0/s1. The molecule has 0 bridgehead atoms. The second-order valence-corrected chi connectivity index (χ2v) is 10.8. The fraction of sp³-hybridized carbons (Fsp3) is 0.667. The SMILES string of the molecule is C[C@@H]([C@@H](CCCc1ccccc1)C(=O)C[C@H](C(=O)NC1CCCC(O)C1)C(C)(C)C)N(O)C=O. The van der Waals surface area contributed by atoms with E-state index in [1.165, 1.54) is 5.56 Å². The predicted octanol–water partition coefficient (Wildman–Crippen LogP) is 3.90. The lowest BCUT2D eigenvalue weighted by Gasteiger charge is -2.34. The number of rotatable bonds is 12. The maximum atomic E-state index is 13.5. The van der Waals surface area contributed by atoms with Gasteiger partial charge in [0.2, 0.25) is 12.3 Å². The van der Waals surface area contributed by atoms with Gasteiger partial charge in [0, 0.05) is 24.3 Å². The van der Waals surface area contributed by atoms with Crippen molar-refractivity contribution in [1.29, 1.82) is 0 Å². The van der Waals surface area contributed by atoms with Crippen LogP contribution in [0.25, 0.3) is 0 Å². The molecule has 2 rings (SSSR count). The van der Waals surface area contributed by atoms with Crippen LogP contribution in [0.4, 0.5) is 0 Å². The van der Waals surface area contributed by atoms with Crippen LogP contribution in [0.2, 0.25) is 0 Å². The molecule has 0 aliphatic heterocycles. The average molecular weight is 475 g/mol. The van der Waals surface area contributed by atoms with Crippen molar-refractivity contribution in [2.45, 2.75) is 97.2 Å². The number of hydrogen-bond donors (Lipinski definition) is 3. The van der Waals surface area contributed by atoms with E-state index < -0.39 is 29.4 Å². The summed E-state index contributed by atoms with van der Waals surface area (Å²) in [4.78, 5) is 37.9. The van der Waals surface area contributed by atoms with E-state index in [0.717, 1.165) is 32.1 Å². The summed E-state index contributed by atoms with van der Waals surface area (Å²) < 4.78 is 0. The Bertz CT molecular complexity index is 792. The largest absolute Gasteiger partial charge is 0.393 e. The minimum absolute atomic E-state index is 0.0393. The zero-order chi connectivity index (χ0) is 25.3. The van der Waals surface area contributed by atoms with Crippen LogP contribution in [0.15, 0.2) is 30.3 Å². The molecule has 34 heavy (non-hydrogen) atoms. The number of aryl methyl sites for hydroxylation is 1. The van der Waals surface area contributed by atoms with Gasteiger partial charge in [-0.2, -0.15) is 0 Å². The Labute approximate surface area is 203 Å². The Morgan fingerprint density at radius 1 is 1.21 bits per heavy atom. The zero-order valence-corrected chi connectivity index (χ0v) is 21.1. The van der Waals surface area contributed by atoms with Crippen LogP contribution in [0, 0.1) is 17.3 Å². The van der Waals surface area contributed by atoms with E-state index in [2.05, 4.69) is 5.32 Å². The number of nitrogens with zero attached hydrogens (tertiary/aromatic N) is 1. The molecule has 7 nitrogen and oxygen atoms in total. The molecule has 1 fully saturated rings. The first-order chi connectivity index (χ1) is 16.0. The molecule has 3 N–H and O–H groups in total. The Morgan fingerprint density at radius 3 is 2.47 bits per heavy atom. The third-order valence-corrected chi connectivity index (χ3v) is 7.10. The topological polar surface area (TPSA) is 107 Å². The zero-order valence-electron chi connectivity index (χ0n) is 21.1. The second kappa shape index (κ2) is 13.0. The fourth-order valence-electron chi connectivity index (χ4n) is 4.86. The van der Waals surface area contributed by atoms with Crippen LogP contribution >= 0.6 is 0 Å². The van der Waals surface area contributed by atoms with Crippen molar-refractivity contribution in [2.24, 2.45) is 17.3 Å². The molecule has 5 atom stereocenters. The van der Waals surface area contributed by atoms with E-state index >= 15 is 0 Å². The van der Waals surface area contributed by atoms with Gasteiger partial charge in [0.05, 0.1) is 12.1 Å². The molecule has 7 heteroatoms. The summed E-state index contributed by atoms with van der Waals surface area (Å²) in [7, 11) is 0. The summed E-state index contributed by atoms with van der Waals surface area (Å²) in [5, 5.41) is 23.6. The first kappa shape index (κ1) is 28.0. The van der Waals surface area contributed by atoms with E-state index in [9.17, 15) is 24.7 Å². The average Bonchev–Trinajstić information content (AvgIpc) is 2.79. The molecular formula is C27H42N2O5. The first-order valence-electron chi connectivity index (χ1n) is 12.5. The highest BCUT2D eigenvalue weighted by Gasteiger charge is 2.38. The molecule has 0 aromatic heterocycles. The van der Waals surface area contributed by atoms with E-state index in [1.54, 1.807) is 6.92 Å². The van der Waals surface area contributed by atoms with Gasteiger partial charge in [-0.25, -0.2) is 5.06 Å². The number of amides is 2. The summed E-state index contributed by atoms with van der Waals surface area (Å²) in [5.41, 5.74) is 0.716. The molecule has 0 spiro atoms. The second-order valence-electron chi connectivity index (χ2n) is 10.8. The number of Topliss-reactive ketones (excluding diaryl/α,β-unsaturated/α-hetero) is 1. The molecule has 2 unspecified atom stereocenters. The molecule has 0 radical (unpaired) electrons. The maximum Gasteiger partial charge on any atom is 0.233 e. The normalized spacial score (nSPS) is 21.2. The number of aliphatic hydroxyl groups excluding tert-OH is 1. The molecule has 190 valence electrons. The van der Waals surface area contributed by atoms with Gasteiger partial charge >= 0.3 is 0 Å². The Morgan fingerprint density at radius 2 is 1.88 bits per heavy atom. The van der Waals surface area contributed by atoms with Crippen molar-refractivity contribution >= 4 is 18.1 Å². The molecule has 1 aromatic rings. The molecule has 0 saturated heterocycles. The van der Waals surface area contributed by atoms with E-state index in [1.807, 2.05) is 51.1 Å². The third-order valence-electron chi connectivity index (χ3n) is 7.10. The highest BCUT2D eigenvalue weighted by Crippen LogP contribution is 2.32. The van der Waals surface area contributed by atoms with Crippen molar-refractivity contribution in [2.75, 3.05) is 0 Å². The van der Waals surface area contributed by atoms with Gasteiger partial charge in [0.1, 0.15) is 5.78 Å². The summed E-state index contributed by atoms with van der Waals surface area (Å²) in [6.45, 7) is 7.49. The molecule has 2 amide bonds. The summed E-state index contributed by atoms with van der Waals surface area (Å²) in [5.74, 6) is -1.42. The predicted molar refractivity (Wildman–Crippen MR) is 131 cm³/mol. The minimum atomic E-state index is -0.682. The lowest BCUT2D eigenvalue weighted by Crippen LogP contribution is -2.47. The number of ketones is 1. The van der Waals surface area contributed by atoms with Crippen LogP contribution in [0.5, 0.6) is 0 Å². The molecule has 1 aromatic carbocycles. The van der Waals surface area contributed by atoms with Gasteiger partial charge < -0.3 is 10.4 Å². The highest BCUT2D eigenvalue weighted by atomic mass is 16.5. The monoisotopic (exact) mass is 474 g/mol. The molecular weight excluding hydrogens is 432 g/mol. The molecule has 0 heterocycles. The van der Waals surface area contributed by atoms with Crippen LogP contribution in [-0.2, 0) is 20.8 Å². The van der Waals surface area contributed by atoms with Crippen molar-refractivity contribution < 1.29 is 24.7 Å². The molecule has 1 aliphatic rings. The Kier molecular flexibility index (Phi) is 10.7. The van der Waals surface area contributed by atoms with Crippen molar-refractivity contribution in [1.82, 2.24) is 10.4 Å². The van der Waals surface area contributed by atoms with Crippen molar-refractivity contribution in [3.05, 3.63) is 35.9 Å². The van der Waals surface area contributed by atoms with Crippen LogP contribution in [0.1, 0.15) is 78.2 Å². The van der Waals surface area contributed by atoms with Crippen LogP contribution < -0.4 is 5.32 Å². The number of aliphatic hydroxyl groups is 1. The van der Waals surface area contributed by atoms with Gasteiger partial charge in [-0.3, -0.25) is 19.6 Å². The van der Waals surface area contributed by atoms with E-state index in [0.29, 0.717) is 24.3 Å². The van der Waals surface area contributed by atoms with Crippen molar-refractivity contribution in [3.8, 4) is 0 Å². The van der Waals surface area contributed by atoms with E-state index in [4.69, 9.17) is 0 Å². The summed E-state index contributed by atoms with van der Waals surface area (Å²) in [6, 6.07) is 9.20. The number of carbonyl (C=O) groups is 3. The van der Waals surface area contributed by atoms with Gasteiger partial charge in [-0.1, -0.05) is 51.1 Å². The Balaban J connectivity index is 2.10. The van der Waals surface area contributed by atoms with Gasteiger partial charge in [0.25, 0.3) is 0 Å². The summed E-state index contributed by atoms with van der Waals surface area (Å²) in [6.07, 6.45) is 4.97. The lowest BCUT2D eigenvalue weighted by atomic mass is 9.74.